The van der Waals surface area contributed by atoms with Crippen LogP contribution < -0.4 is 0 Å². The second kappa shape index (κ2) is 6.25. The number of carbonyl (C=O) groups excluding carboxylic acids is 1. The summed E-state index contributed by atoms with van der Waals surface area (Å²) in [6, 6.07) is 2.04. The average Bonchev–Trinajstić information content (AvgIpc) is 2.70. The van der Waals surface area contributed by atoms with Crippen molar-refractivity contribution in [2.24, 2.45) is 0 Å². The van der Waals surface area contributed by atoms with E-state index in [4.69, 9.17) is 0 Å². The second-order valence-corrected chi connectivity index (χ2v) is 6.59. The highest BCUT2D eigenvalue weighted by Gasteiger charge is 2.34. The van der Waals surface area contributed by atoms with E-state index in [-0.39, 0.29) is 0 Å². The van der Waals surface area contributed by atoms with Gasteiger partial charge in [-0.3, -0.25) is 9.69 Å². The van der Waals surface area contributed by atoms with E-state index in [0.29, 0.717) is 36.6 Å². The van der Waals surface area contributed by atoms with Crippen LogP contribution in [0, 0.1) is 0 Å². The molecule has 0 N–H and O–H groups in total. The molecule has 0 unspecified atom stereocenters. The first-order valence-corrected chi connectivity index (χ1v) is 8.11. The summed E-state index contributed by atoms with van der Waals surface area (Å²) in [7, 11) is 0. The van der Waals surface area contributed by atoms with Crippen LogP contribution in [0.1, 0.15) is 66.2 Å². The van der Waals surface area contributed by atoms with Gasteiger partial charge in [-0.05, 0) is 59.3 Å². The van der Waals surface area contributed by atoms with Crippen LogP contribution in [0.4, 0.5) is 0 Å². The van der Waals surface area contributed by atoms with Crippen molar-refractivity contribution in [2.75, 3.05) is 6.54 Å². The quantitative estimate of drug-likeness (QED) is 0.784. The summed E-state index contributed by atoms with van der Waals surface area (Å²) in [6.45, 7) is 9.56. The lowest BCUT2D eigenvalue weighted by atomic mass is 9.97. The van der Waals surface area contributed by atoms with Crippen molar-refractivity contribution in [3.05, 3.63) is 0 Å². The number of hydrogen-bond acceptors (Lipinski definition) is 2. The normalized spacial score (nSPS) is 36.7. The standard InChI is InChI=1S/C16H30N2O/c1-5-15-10-9-12(2)17(15)11-16(19)18-13(3)7-6-8-14(18)4/h12-15H,5-11H2,1-4H3/t12-,13-,14+,15+/m0/s1. The molecule has 2 rings (SSSR count). The first-order chi connectivity index (χ1) is 9.04. The molecule has 0 spiro atoms. The fourth-order valence-corrected chi connectivity index (χ4v) is 4.00. The Morgan fingerprint density at radius 1 is 1.00 bits per heavy atom. The first-order valence-electron chi connectivity index (χ1n) is 8.11. The minimum Gasteiger partial charge on any atom is -0.336 e. The maximum atomic E-state index is 12.7. The van der Waals surface area contributed by atoms with Gasteiger partial charge >= 0.3 is 0 Å². The SMILES string of the molecule is CC[C@@H]1CC[C@H](C)N1CC(=O)N1[C@H](C)CCC[C@@H]1C. The van der Waals surface area contributed by atoms with Crippen LogP contribution in [0.3, 0.4) is 0 Å². The van der Waals surface area contributed by atoms with Crippen molar-refractivity contribution < 1.29 is 4.79 Å². The number of hydrogen-bond donors (Lipinski definition) is 0. The topological polar surface area (TPSA) is 23.6 Å². The molecule has 2 saturated heterocycles. The van der Waals surface area contributed by atoms with Crippen LogP contribution in [0.25, 0.3) is 0 Å². The van der Waals surface area contributed by atoms with E-state index in [9.17, 15) is 4.79 Å². The van der Waals surface area contributed by atoms with Crippen molar-refractivity contribution in [1.82, 2.24) is 9.80 Å². The molecule has 0 aliphatic carbocycles. The van der Waals surface area contributed by atoms with Gasteiger partial charge in [0.15, 0.2) is 0 Å². The van der Waals surface area contributed by atoms with Crippen LogP contribution in [0.2, 0.25) is 0 Å². The molecule has 19 heavy (non-hydrogen) atoms. The molecule has 2 aliphatic heterocycles. The van der Waals surface area contributed by atoms with E-state index in [2.05, 4.69) is 37.5 Å². The third-order valence-electron chi connectivity index (χ3n) is 5.22. The molecule has 3 nitrogen and oxygen atoms in total. The smallest absolute Gasteiger partial charge is 0.237 e. The fraction of sp³-hybridized carbons (Fsp3) is 0.938. The van der Waals surface area contributed by atoms with E-state index in [0.717, 1.165) is 0 Å². The van der Waals surface area contributed by atoms with Crippen molar-refractivity contribution in [3.8, 4) is 0 Å². The lowest BCUT2D eigenvalue weighted by Crippen LogP contribution is -2.52. The molecule has 2 fully saturated rings. The fourth-order valence-electron chi connectivity index (χ4n) is 4.00. The molecule has 3 heteroatoms. The van der Waals surface area contributed by atoms with E-state index < -0.39 is 0 Å². The van der Waals surface area contributed by atoms with Crippen LogP contribution in [-0.4, -0.2) is 46.4 Å². The summed E-state index contributed by atoms with van der Waals surface area (Å²) in [5.74, 6) is 0.354. The van der Waals surface area contributed by atoms with Crippen LogP contribution in [0.5, 0.6) is 0 Å². The molecule has 2 aliphatic rings. The van der Waals surface area contributed by atoms with Gasteiger partial charge in [-0.15, -0.1) is 0 Å². The Balaban J connectivity index is 1.99. The Morgan fingerprint density at radius 3 is 2.21 bits per heavy atom. The lowest BCUT2D eigenvalue weighted by Gasteiger charge is -2.40. The first kappa shape index (κ1) is 14.8. The second-order valence-electron chi connectivity index (χ2n) is 6.59. The summed E-state index contributed by atoms with van der Waals surface area (Å²) in [5.41, 5.74) is 0. The summed E-state index contributed by atoms with van der Waals surface area (Å²) in [6.07, 6.45) is 7.28. The van der Waals surface area contributed by atoms with Crippen LogP contribution in [-0.2, 0) is 4.79 Å². The summed E-state index contributed by atoms with van der Waals surface area (Å²) in [5, 5.41) is 0. The number of carbonyl (C=O) groups is 1. The molecule has 0 aromatic heterocycles. The lowest BCUT2D eigenvalue weighted by molar-refractivity contribution is -0.139. The van der Waals surface area contributed by atoms with Gasteiger partial charge in [0.1, 0.15) is 0 Å². The largest absolute Gasteiger partial charge is 0.336 e. The Kier molecular flexibility index (Phi) is 4.88. The molecule has 0 aromatic rings. The van der Waals surface area contributed by atoms with Crippen molar-refractivity contribution in [3.63, 3.8) is 0 Å². The molecule has 0 aromatic carbocycles. The highest BCUT2D eigenvalue weighted by Crippen LogP contribution is 2.27. The van der Waals surface area contributed by atoms with Gasteiger partial charge in [-0.1, -0.05) is 6.92 Å². The van der Waals surface area contributed by atoms with E-state index in [1.165, 1.54) is 38.5 Å². The third kappa shape index (κ3) is 3.13. The Morgan fingerprint density at radius 2 is 1.63 bits per heavy atom. The van der Waals surface area contributed by atoms with E-state index >= 15 is 0 Å². The highest BCUT2D eigenvalue weighted by molar-refractivity contribution is 5.79. The molecule has 4 atom stereocenters. The molecule has 1 amide bonds. The summed E-state index contributed by atoms with van der Waals surface area (Å²) in [4.78, 5) is 17.3. The van der Waals surface area contributed by atoms with Crippen LogP contribution >= 0.6 is 0 Å². The Bertz CT molecular complexity index is 308. The zero-order valence-electron chi connectivity index (χ0n) is 13.1. The Labute approximate surface area is 118 Å². The van der Waals surface area contributed by atoms with E-state index in [1.54, 1.807) is 0 Å². The van der Waals surface area contributed by atoms with Crippen molar-refractivity contribution in [1.29, 1.82) is 0 Å². The van der Waals surface area contributed by atoms with Gasteiger partial charge in [-0.2, -0.15) is 0 Å². The molecular formula is C16H30N2O. The zero-order chi connectivity index (χ0) is 14.0. The molecule has 0 saturated carbocycles. The summed E-state index contributed by atoms with van der Waals surface area (Å²) >= 11 is 0. The minimum atomic E-state index is 0.354. The van der Waals surface area contributed by atoms with Gasteiger partial charge in [0.05, 0.1) is 6.54 Å². The predicted molar refractivity (Wildman–Crippen MR) is 79.1 cm³/mol. The van der Waals surface area contributed by atoms with Crippen LogP contribution in [0.15, 0.2) is 0 Å². The molecule has 110 valence electrons. The zero-order valence-corrected chi connectivity index (χ0v) is 13.1. The number of rotatable bonds is 3. The minimum absolute atomic E-state index is 0.354. The molecule has 0 radical (unpaired) electrons. The van der Waals surface area contributed by atoms with Crippen molar-refractivity contribution in [2.45, 2.75) is 90.4 Å². The predicted octanol–water partition coefficient (Wildman–Crippen LogP) is 3.04. The average molecular weight is 266 g/mol. The maximum Gasteiger partial charge on any atom is 0.237 e. The molecule has 2 heterocycles. The van der Waals surface area contributed by atoms with Gasteiger partial charge in [0.25, 0.3) is 0 Å². The highest BCUT2D eigenvalue weighted by atomic mass is 16.2. The van der Waals surface area contributed by atoms with Gasteiger partial charge in [-0.25, -0.2) is 0 Å². The molecular weight excluding hydrogens is 236 g/mol. The van der Waals surface area contributed by atoms with Gasteiger partial charge in [0, 0.05) is 24.2 Å². The monoisotopic (exact) mass is 266 g/mol. The number of nitrogens with zero attached hydrogens (tertiary/aromatic N) is 2. The number of likely N-dealkylation sites (tertiary alicyclic amines) is 2. The third-order valence-corrected chi connectivity index (χ3v) is 5.22. The van der Waals surface area contributed by atoms with Crippen molar-refractivity contribution >= 4 is 5.91 Å². The Hall–Kier alpha value is -0.570. The van der Waals surface area contributed by atoms with E-state index in [1.807, 2.05) is 0 Å². The summed E-state index contributed by atoms with van der Waals surface area (Å²) < 4.78 is 0. The molecule has 0 bridgehead atoms. The number of amides is 1. The maximum absolute atomic E-state index is 12.7. The number of piperidine rings is 1. The van der Waals surface area contributed by atoms with Gasteiger partial charge in [0.2, 0.25) is 5.91 Å². The van der Waals surface area contributed by atoms with Gasteiger partial charge < -0.3 is 4.90 Å².